The molecule has 1 aliphatic heterocycles. The lowest BCUT2D eigenvalue weighted by Crippen LogP contribution is -2.13. The van der Waals surface area contributed by atoms with Crippen LogP contribution >= 0.6 is 0 Å². The summed E-state index contributed by atoms with van der Waals surface area (Å²) in [5.41, 5.74) is 2.47. The van der Waals surface area contributed by atoms with Gasteiger partial charge in [0.15, 0.2) is 0 Å². The second-order valence-electron chi connectivity index (χ2n) is 8.99. The minimum Gasteiger partial charge on any atom is -0.492 e. The Morgan fingerprint density at radius 2 is 1.97 bits per heavy atom. The van der Waals surface area contributed by atoms with E-state index in [4.69, 9.17) is 19.3 Å². The van der Waals surface area contributed by atoms with E-state index < -0.39 is 23.8 Å². The van der Waals surface area contributed by atoms with Gasteiger partial charge in [0.1, 0.15) is 17.6 Å². The normalized spacial score (nSPS) is 18.3. The molecule has 3 aromatic rings. The number of fused-ring (bicyclic) bond motifs is 2. The van der Waals surface area contributed by atoms with Crippen molar-refractivity contribution in [2.24, 2.45) is 0 Å². The van der Waals surface area contributed by atoms with E-state index in [-0.39, 0.29) is 24.3 Å². The molecule has 2 atom stereocenters. The molecular formula is C27H24F3NO5. The zero-order chi connectivity index (χ0) is 25.4. The lowest BCUT2D eigenvalue weighted by atomic mass is 9.92. The van der Waals surface area contributed by atoms with Crippen LogP contribution in [0.5, 0.6) is 17.4 Å². The quantitative estimate of drug-likeness (QED) is 0.448. The van der Waals surface area contributed by atoms with Gasteiger partial charge in [0.2, 0.25) is 5.88 Å². The van der Waals surface area contributed by atoms with Crippen LogP contribution in [-0.2, 0) is 23.8 Å². The highest BCUT2D eigenvalue weighted by Crippen LogP contribution is 2.44. The van der Waals surface area contributed by atoms with E-state index in [0.29, 0.717) is 48.0 Å². The number of methoxy groups -OCH3 is 1. The average Bonchev–Trinajstić information content (AvgIpc) is 3.43. The minimum absolute atomic E-state index is 0.0166. The number of carbonyl (C=O) groups is 1. The molecule has 5 rings (SSSR count). The molecule has 2 aliphatic rings. The fourth-order valence-corrected chi connectivity index (χ4v) is 5.04. The molecule has 1 N–H and O–H groups in total. The van der Waals surface area contributed by atoms with Gasteiger partial charge in [-0.3, -0.25) is 4.79 Å². The van der Waals surface area contributed by atoms with Gasteiger partial charge < -0.3 is 19.3 Å². The van der Waals surface area contributed by atoms with E-state index >= 15 is 0 Å². The van der Waals surface area contributed by atoms with Crippen LogP contribution in [0.2, 0.25) is 0 Å². The number of aromatic nitrogens is 1. The Balaban J connectivity index is 1.42. The topological polar surface area (TPSA) is 77.9 Å². The van der Waals surface area contributed by atoms with Crippen molar-refractivity contribution < 1.29 is 37.3 Å². The number of halogens is 3. The zero-order valence-electron chi connectivity index (χ0n) is 19.5. The van der Waals surface area contributed by atoms with E-state index in [1.54, 1.807) is 30.3 Å². The maximum Gasteiger partial charge on any atom is 0.416 e. The lowest BCUT2D eigenvalue weighted by Gasteiger charge is -2.19. The van der Waals surface area contributed by atoms with Crippen LogP contribution in [-0.4, -0.2) is 29.8 Å². The van der Waals surface area contributed by atoms with Gasteiger partial charge >= 0.3 is 12.1 Å². The summed E-state index contributed by atoms with van der Waals surface area (Å²) in [5, 5.41) is 9.09. The van der Waals surface area contributed by atoms with Crippen molar-refractivity contribution in [3.05, 3.63) is 82.0 Å². The van der Waals surface area contributed by atoms with Crippen LogP contribution < -0.4 is 14.2 Å². The summed E-state index contributed by atoms with van der Waals surface area (Å²) in [7, 11) is 1.48. The lowest BCUT2D eigenvalue weighted by molar-refractivity contribution is -0.138. The van der Waals surface area contributed by atoms with E-state index in [2.05, 4.69) is 4.98 Å². The van der Waals surface area contributed by atoms with Crippen LogP contribution in [0.25, 0.3) is 0 Å². The third-order valence-electron chi connectivity index (χ3n) is 6.73. The Labute approximate surface area is 205 Å². The first-order valence-electron chi connectivity index (χ1n) is 11.6. The summed E-state index contributed by atoms with van der Waals surface area (Å²) in [6.45, 7) is 0.293. The largest absolute Gasteiger partial charge is 0.492 e. The van der Waals surface area contributed by atoms with Crippen LogP contribution in [0, 0.1) is 0 Å². The molecule has 6 nitrogen and oxygen atoms in total. The van der Waals surface area contributed by atoms with Crippen molar-refractivity contribution in [1.82, 2.24) is 4.98 Å². The van der Waals surface area contributed by atoms with E-state index in [0.717, 1.165) is 17.2 Å². The first-order chi connectivity index (χ1) is 17.2. The molecule has 0 fully saturated rings. The Morgan fingerprint density at radius 1 is 1.17 bits per heavy atom. The molecule has 0 spiro atoms. The van der Waals surface area contributed by atoms with Crippen LogP contribution in [0.4, 0.5) is 13.2 Å². The Morgan fingerprint density at radius 3 is 2.67 bits per heavy atom. The number of alkyl halides is 3. The van der Waals surface area contributed by atoms with Gasteiger partial charge in [0.25, 0.3) is 0 Å². The number of ether oxygens (including phenoxy) is 3. The fourth-order valence-electron chi connectivity index (χ4n) is 5.04. The number of carboxylic acids is 1. The van der Waals surface area contributed by atoms with Crippen LogP contribution in [0.15, 0.2) is 48.7 Å². The SMILES string of the molecule is COc1ccc(Cc2c(C(F)(F)F)ccc3c2CCC3Oc2ccc3c(c2)OCC3CC(=O)O)cn1. The van der Waals surface area contributed by atoms with E-state index in [1.807, 2.05) is 0 Å². The number of hydrogen-bond acceptors (Lipinski definition) is 5. The predicted molar refractivity (Wildman–Crippen MR) is 124 cm³/mol. The minimum atomic E-state index is -4.48. The number of aliphatic carboxylic acids is 1. The highest BCUT2D eigenvalue weighted by Gasteiger charge is 2.37. The maximum atomic E-state index is 13.9. The van der Waals surface area contributed by atoms with Gasteiger partial charge in [-0.25, -0.2) is 4.98 Å². The third kappa shape index (κ3) is 4.69. The first-order valence-corrected chi connectivity index (χ1v) is 11.6. The number of carboxylic acid groups (broad SMARTS) is 1. The summed E-state index contributed by atoms with van der Waals surface area (Å²) >= 11 is 0. The van der Waals surface area contributed by atoms with Gasteiger partial charge in [-0.15, -0.1) is 0 Å². The van der Waals surface area contributed by atoms with Crippen molar-refractivity contribution in [2.45, 2.75) is 43.9 Å². The molecule has 2 unspecified atom stereocenters. The summed E-state index contributed by atoms with van der Waals surface area (Å²) in [6.07, 6.45) is -2.26. The summed E-state index contributed by atoms with van der Waals surface area (Å²) < 4.78 is 58.6. The molecule has 2 heterocycles. The van der Waals surface area contributed by atoms with Crippen molar-refractivity contribution in [3.8, 4) is 17.4 Å². The van der Waals surface area contributed by atoms with Gasteiger partial charge in [0.05, 0.1) is 25.7 Å². The molecule has 0 amide bonds. The highest BCUT2D eigenvalue weighted by atomic mass is 19.4. The third-order valence-corrected chi connectivity index (χ3v) is 6.73. The molecule has 0 saturated carbocycles. The fraction of sp³-hybridized carbons (Fsp3) is 0.333. The average molecular weight is 499 g/mol. The second-order valence-corrected chi connectivity index (χ2v) is 8.99. The van der Waals surface area contributed by atoms with Crippen molar-refractivity contribution in [2.75, 3.05) is 13.7 Å². The monoisotopic (exact) mass is 499 g/mol. The summed E-state index contributed by atoms with van der Waals surface area (Å²) in [4.78, 5) is 15.2. The Hall–Kier alpha value is -3.75. The van der Waals surface area contributed by atoms with Crippen LogP contribution in [0.3, 0.4) is 0 Å². The van der Waals surface area contributed by atoms with Crippen LogP contribution in [0.1, 0.15) is 58.2 Å². The molecular weight excluding hydrogens is 475 g/mol. The summed E-state index contributed by atoms with van der Waals surface area (Å²) in [6, 6.07) is 11.3. The Bertz CT molecular complexity index is 1290. The second kappa shape index (κ2) is 9.37. The number of benzene rings is 2. The number of pyridine rings is 1. The predicted octanol–water partition coefficient (Wildman–Crippen LogP) is 5.72. The molecule has 0 saturated heterocycles. The number of hydrogen-bond donors (Lipinski definition) is 1. The molecule has 36 heavy (non-hydrogen) atoms. The number of rotatable bonds is 7. The smallest absolute Gasteiger partial charge is 0.416 e. The van der Waals surface area contributed by atoms with Gasteiger partial charge in [-0.1, -0.05) is 18.2 Å². The molecule has 188 valence electrons. The highest BCUT2D eigenvalue weighted by molar-refractivity contribution is 5.68. The number of nitrogens with zero attached hydrogens (tertiary/aromatic N) is 1. The van der Waals surface area contributed by atoms with Crippen molar-refractivity contribution in [1.29, 1.82) is 0 Å². The van der Waals surface area contributed by atoms with Gasteiger partial charge in [-0.05, 0) is 53.6 Å². The van der Waals surface area contributed by atoms with Gasteiger partial charge in [-0.2, -0.15) is 13.2 Å². The molecule has 1 aliphatic carbocycles. The molecule has 1 aromatic heterocycles. The maximum absolute atomic E-state index is 13.9. The Kier molecular flexibility index (Phi) is 6.24. The molecule has 0 radical (unpaired) electrons. The standard InChI is InChI=1S/C27H24F3NO5/c1-34-25-9-2-15(13-31-25)10-21-19-6-8-23(20(19)5-7-22(21)27(28,29)30)36-17-3-4-18-16(11-26(32)33)14-35-24(18)12-17/h2-5,7,9,12-13,16,23H,6,8,10-11,14H2,1H3,(H,32,33). The zero-order valence-corrected chi connectivity index (χ0v) is 19.5. The van der Waals surface area contributed by atoms with Crippen molar-refractivity contribution >= 4 is 5.97 Å². The molecule has 2 aromatic carbocycles. The van der Waals surface area contributed by atoms with E-state index in [9.17, 15) is 18.0 Å². The van der Waals surface area contributed by atoms with E-state index in [1.165, 1.54) is 19.4 Å². The molecule has 0 bridgehead atoms. The van der Waals surface area contributed by atoms with Crippen molar-refractivity contribution in [3.63, 3.8) is 0 Å². The molecule has 9 heteroatoms. The summed E-state index contributed by atoms with van der Waals surface area (Å²) in [5.74, 6) is 0.406. The first kappa shape index (κ1) is 24.0. The van der Waals surface area contributed by atoms with Gasteiger partial charge in [0, 0.05) is 29.8 Å².